The highest BCUT2D eigenvalue weighted by molar-refractivity contribution is 7.90. The lowest BCUT2D eigenvalue weighted by Crippen LogP contribution is -2.38. The van der Waals surface area contributed by atoms with Crippen molar-refractivity contribution in [3.05, 3.63) is 48.0 Å². The molecular weight excluding hydrogens is 336 g/mol. The predicted octanol–water partition coefficient (Wildman–Crippen LogP) is 2.71. The summed E-state index contributed by atoms with van der Waals surface area (Å²) in [7, 11) is -3.26. The lowest BCUT2D eigenvalue weighted by atomic mass is 9.77. The number of hydrogen-bond donors (Lipinski definition) is 1. The highest BCUT2D eigenvalue weighted by atomic mass is 32.2. The quantitative estimate of drug-likeness (QED) is 0.857. The fraction of sp³-hybridized carbons (Fsp3) is 0.556. The van der Waals surface area contributed by atoms with Crippen molar-refractivity contribution in [3.8, 4) is 0 Å². The molecule has 1 heterocycles. The van der Waals surface area contributed by atoms with Crippen LogP contribution in [0.25, 0.3) is 0 Å². The van der Waals surface area contributed by atoms with Gasteiger partial charge in [-0.2, -0.15) is 5.10 Å². The molecule has 0 amide bonds. The van der Waals surface area contributed by atoms with Gasteiger partial charge in [0.25, 0.3) is 0 Å². The van der Waals surface area contributed by atoms with E-state index in [1.54, 1.807) is 11.0 Å². The lowest BCUT2D eigenvalue weighted by molar-refractivity contribution is 0.245. The maximum absolute atomic E-state index is 12.5. The Morgan fingerprint density at radius 3 is 2.40 bits per heavy atom. The van der Waals surface area contributed by atoms with Gasteiger partial charge in [0.05, 0.1) is 11.8 Å². The molecule has 2 aromatic rings. The van der Waals surface area contributed by atoms with Crippen LogP contribution in [-0.2, 0) is 23.1 Å². The van der Waals surface area contributed by atoms with Gasteiger partial charge in [-0.1, -0.05) is 38.1 Å². The molecule has 0 radical (unpaired) electrons. The smallest absolute Gasteiger partial charge is 0.214 e. The SMILES string of the molecule is CC1(C)CCC(S(=O)(=O)NCc2ccc(Cn3cncn3)cc2)CC1. The molecule has 0 saturated heterocycles. The van der Waals surface area contributed by atoms with Crippen molar-refractivity contribution in [1.29, 1.82) is 0 Å². The first-order chi connectivity index (χ1) is 11.8. The predicted molar refractivity (Wildman–Crippen MR) is 97.4 cm³/mol. The molecule has 25 heavy (non-hydrogen) atoms. The highest BCUT2D eigenvalue weighted by Gasteiger charge is 2.33. The summed E-state index contributed by atoms with van der Waals surface area (Å²) in [5, 5.41) is 3.82. The Hall–Kier alpha value is -1.73. The molecule has 3 rings (SSSR count). The fourth-order valence-electron chi connectivity index (χ4n) is 3.25. The maximum atomic E-state index is 12.5. The van der Waals surface area contributed by atoms with Crippen LogP contribution in [-0.4, -0.2) is 28.4 Å². The monoisotopic (exact) mass is 362 g/mol. The summed E-state index contributed by atoms with van der Waals surface area (Å²) in [5.41, 5.74) is 2.33. The van der Waals surface area contributed by atoms with E-state index in [0.29, 0.717) is 13.1 Å². The van der Waals surface area contributed by atoms with E-state index in [2.05, 4.69) is 28.7 Å². The summed E-state index contributed by atoms with van der Waals surface area (Å²) in [6.45, 7) is 5.42. The number of hydrogen-bond acceptors (Lipinski definition) is 4. The highest BCUT2D eigenvalue weighted by Crippen LogP contribution is 2.37. The van der Waals surface area contributed by atoms with Crippen LogP contribution >= 0.6 is 0 Å². The number of nitrogens with zero attached hydrogens (tertiary/aromatic N) is 3. The van der Waals surface area contributed by atoms with E-state index in [1.807, 2.05) is 24.3 Å². The number of aromatic nitrogens is 3. The minimum absolute atomic E-state index is 0.257. The van der Waals surface area contributed by atoms with Gasteiger partial charge in [-0.05, 0) is 42.2 Å². The average Bonchev–Trinajstić information content (AvgIpc) is 3.07. The van der Waals surface area contributed by atoms with Gasteiger partial charge >= 0.3 is 0 Å². The van der Waals surface area contributed by atoms with Crippen LogP contribution in [0.2, 0.25) is 0 Å². The Kier molecular flexibility index (Phi) is 5.24. The van der Waals surface area contributed by atoms with Crippen molar-refractivity contribution >= 4 is 10.0 Å². The standard InChI is InChI=1S/C18H26N4O2S/c1-18(2)9-7-17(8-10-18)25(23,24)21-11-15-3-5-16(6-4-15)12-22-14-19-13-20-22/h3-6,13-14,17,21H,7-12H2,1-2H3. The second-order valence-corrected chi connectivity index (χ2v) is 9.68. The van der Waals surface area contributed by atoms with Crippen molar-refractivity contribution in [2.75, 3.05) is 0 Å². The Balaban J connectivity index is 1.54. The Morgan fingerprint density at radius 2 is 1.80 bits per heavy atom. The molecule has 0 bridgehead atoms. The van der Waals surface area contributed by atoms with Crippen LogP contribution in [0.3, 0.4) is 0 Å². The lowest BCUT2D eigenvalue weighted by Gasteiger charge is -2.33. The number of benzene rings is 1. The van der Waals surface area contributed by atoms with Gasteiger partial charge in [-0.3, -0.25) is 0 Å². The largest absolute Gasteiger partial charge is 0.249 e. The van der Waals surface area contributed by atoms with E-state index < -0.39 is 10.0 Å². The molecule has 0 spiro atoms. The van der Waals surface area contributed by atoms with Crippen LogP contribution in [0, 0.1) is 5.41 Å². The van der Waals surface area contributed by atoms with Crippen LogP contribution in [0.4, 0.5) is 0 Å². The molecular formula is C18H26N4O2S. The van der Waals surface area contributed by atoms with Gasteiger partial charge in [-0.15, -0.1) is 0 Å². The van der Waals surface area contributed by atoms with Crippen LogP contribution in [0.1, 0.15) is 50.7 Å². The van der Waals surface area contributed by atoms with E-state index in [4.69, 9.17) is 0 Å². The third-order valence-corrected chi connectivity index (χ3v) is 6.93. The van der Waals surface area contributed by atoms with Gasteiger partial charge in [-0.25, -0.2) is 22.8 Å². The summed E-state index contributed by atoms with van der Waals surface area (Å²) >= 11 is 0. The third kappa shape index (κ3) is 4.89. The summed E-state index contributed by atoms with van der Waals surface area (Å²) < 4.78 is 29.6. The maximum Gasteiger partial charge on any atom is 0.214 e. The fourth-order valence-corrected chi connectivity index (χ4v) is 4.71. The molecule has 0 unspecified atom stereocenters. The molecule has 1 aromatic heterocycles. The van der Waals surface area contributed by atoms with E-state index >= 15 is 0 Å². The van der Waals surface area contributed by atoms with Gasteiger partial charge in [0.15, 0.2) is 0 Å². The van der Waals surface area contributed by atoms with E-state index in [-0.39, 0.29) is 10.7 Å². The molecule has 1 fully saturated rings. The van der Waals surface area contributed by atoms with Crippen LogP contribution < -0.4 is 4.72 Å². The average molecular weight is 362 g/mol. The molecule has 1 aliphatic rings. The van der Waals surface area contributed by atoms with E-state index in [0.717, 1.165) is 36.8 Å². The topological polar surface area (TPSA) is 76.9 Å². The van der Waals surface area contributed by atoms with Gasteiger partial charge in [0.2, 0.25) is 10.0 Å². The Labute approximate surface area is 149 Å². The van der Waals surface area contributed by atoms with Gasteiger partial charge in [0, 0.05) is 6.54 Å². The molecule has 1 aliphatic carbocycles. The molecule has 136 valence electrons. The minimum Gasteiger partial charge on any atom is -0.249 e. The molecule has 1 saturated carbocycles. The summed E-state index contributed by atoms with van der Waals surface area (Å²) in [5.74, 6) is 0. The first kappa shape index (κ1) is 18.1. The van der Waals surface area contributed by atoms with Crippen molar-refractivity contribution in [2.24, 2.45) is 5.41 Å². The Morgan fingerprint density at radius 1 is 1.16 bits per heavy atom. The minimum atomic E-state index is -3.26. The Bertz CT molecular complexity index is 773. The van der Waals surface area contributed by atoms with Crippen molar-refractivity contribution in [1.82, 2.24) is 19.5 Å². The summed E-state index contributed by atoms with van der Waals surface area (Å²) in [4.78, 5) is 3.92. The van der Waals surface area contributed by atoms with Crippen LogP contribution in [0.5, 0.6) is 0 Å². The number of sulfonamides is 1. The zero-order valence-electron chi connectivity index (χ0n) is 14.9. The molecule has 0 aliphatic heterocycles. The summed E-state index contributed by atoms with van der Waals surface area (Å²) in [6.07, 6.45) is 6.62. The van der Waals surface area contributed by atoms with Crippen molar-refractivity contribution in [3.63, 3.8) is 0 Å². The van der Waals surface area contributed by atoms with Crippen molar-refractivity contribution < 1.29 is 8.42 Å². The van der Waals surface area contributed by atoms with E-state index in [9.17, 15) is 8.42 Å². The number of nitrogens with one attached hydrogen (secondary N) is 1. The molecule has 0 atom stereocenters. The zero-order chi connectivity index (χ0) is 17.9. The molecule has 7 heteroatoms. The molecule has 1 aromatic carbocycles. The first-order valence-electron chi connectivity index (χ1n) is 8.73. The van der Waals surface area contributed by atoms with Gasteiger partial charge < -0.3 is 0 Å². The normalized spacial score (nSPS) is 18.3. The zero-order valence-corrected chi connectivity index (χ0v) is 15.7. The summed E-state index contributed by atoms with van der Waals surface area (Å²) in [6, 6.07) is 7.90. The third-order valence-electron chi connectivity index (χ3n) is 5.04. The first-order valence-corrected chi connectivity index (χ1v) is 10.3. The van der Waals surface area contributed by atoms with Crippen LogP contribution in [0.15, 0.2) is 36.9 Å². The second-order valence-electron chi connectivity index (χ2n) is 7.64. The molecule has 1 N–H and O–H groups in total. The number of rotatable bonds is 6. The van der Waals surface area contributed by atoms with E-state index in [1.165, 1.54) is 6.33 Å². The van der Waals surface area contributed by atoms with Crippen molar-refractivity contribution in [2.45, 2.75) is 57.9 Å². The van der Waals surface area contributed by atoms with Gasteiger partial charge in [0.1, 0.15) is 12.7 Å². The molecule has 6 nitrogen and oxygen atoms in total. The second kappa shape index (κ2) is 7.25.